The molecule has 0 bridgehead atoms. The molecule has 1 fully saturated rings. The molecule has 4 atom stereocenters. The number of aliphatic imine (C=N–C) groups is 1. The van der Waals surface area contributed by atoms with Gasteiger partial charge in [0.25, 0.3) is 5.96 Å². The van der Waals surface area contributed by atoms with E-state index in [2.05, 4.69) is 10.3 Å². The van der Waals surface area contributed by atoms with Crippen LogP contribution in [0.2, 0.25) is 0 Å². The van der Waals surface area contributed by atoms with Crippen LogP contribution >= 0.6 is 0 Å². The molecule has 4 rings (SSSR count). The van der Waals surface area contributed by atoms with Crippen molar-refractivity contribution in [2.75, 3.05) is 13.1 Å². The van der Waals surface area contributed by atoms with Crippen molar-refractivity contribution < 1.29 is 23.0 Å². The number of piperidine rings is 1. The Hall–Kier alpha value is -3.35. The van der Waals surface area contributed by atoms with E-state index in [1.807, 2.05) is 36.0 Å². The van der Waals surface area contributed by atoms with Crippen molar-refractivity contribution in [3.05, 3.63) is 45.6 Å². The molecule has 36 heavy (non-hydrogen) atoms. The fourth-order valence-corrected chi connectivity index (χ4v) is 5.61. The number of nitrogens with two attached hydrogens (primary N) is 1. The zero-order valence-corrected chi connectivity index (χ0v) is 20.1. The van der Waals surface area contributed by atoms with Crippen molar-refractivity contribution in [3.8, 4) is 0 Å². The first-order valence-electron chi connectivity index (χ1n) is 11.9. The van der Waals surface area contributed by atoms with Gasteiger partial charge in [-0.25, -0.2) is 20.0 Å². The number of halogens is 3. The summed E-state index contributed by atoms with van der Waals surface area (Å²) in [4.78, 5) is 27.8. The fourth-order valence-electron chi connectivity index (χ4n) is 5.61. The summed E-state index contributed by atoms with van der Waals surface area (Å²) in [5.74, 6) is -1.94. The van der Waals surface area contributed by atoms with E-state index in [1.54, 1.807) is 12.3 Å². The molecule has 196 valence electrons. The van der Waals surface area contributed by atoms with Crippen LogP contribution in [0.4, 0.5) is 13.2 Å². The second kappa shape index (κ2) is 9.96. The number of carbonyl (C=O) groups excluding carboxylic acids is 1. The Morgan fingerprint density at radius 2 is 2.14 bits per heavy atom. The van der Waals surface area contributed by atoms with Crippen LogP contribution in [0.3, 0.4) is 0 Å². The summed E-state index contributed by atoms with van der Waals surface area (Å²) in [7, 11) is 1.89. The van der Waals surface area contributed by atoms with E-state index >= 15 is 0 Å². The molecule has 1 aromatic carbocycles. The predicted molar refractivity (Wildman–Crippen MR) is 127 cm³/mol. The number of guanidine groups is 1. The standard InChI is InChI=1S/C23H30F3N7O3/c1-13(5-4-8-28-22(27)30-33(35)36)29-21(34)15-9-17-16-6-3-7-18-20(16)14(11-31(18)2)10-19(17)32(12-15)23(24,25)26/h3,6-7,11,13,15,17,19H,4-5,8-10,12H2,1-2H3,(H,29,34)(H3,27,28,30)/t13-,15-,17-,19-/m1/s1. The minimum atomic E-state index is -4.55. The number of aromatic nitrogens is 1. The molecule has 0 spiro atoms. The number of hydrazine groups is 1. The van der Waals surface area contributed by atoms with Crippen LogP contribution in [0.5, 0.6) is 0 Å². The number of likely N-dealkylation sites (tertiary alicyclic amines) is 1. The molecular weight excluding hydrogens is 479 g/mol. The maximum Gasteiger partial charge on any atom is 0.460 e. The lowest BCUT2D eigenvalue weighted by Crippen LogP contribution is -2.58. The van der Waals surface area contributed by atoms with Crippen molar-refractivity contribution in [2.24, 2.45) is 23.7 Å². The summed E-state index contributed by atoms with van der Waals surface area (Å²) in [6.45, 7) is 1.60. The van der Waals surface area contributed by atoms with E-state index in [0.717, 1.165) is 22.0 Å². The zero-order valence-electron chi connectivity index (χ0n) is 20.1. The van der Waals surface area contributed by atoms with Crippen molar-refractivity contribution in [1.29, 1.82) is 0 Å². The van der Waals surface area contributed by atoms with Crippen molar-refractivity contribution in [1.82, 2.24) is 20.2 Å². The lowest BCUT2D eigenvalue weighted by Gasteiger charge is -2.47. The summed E-state index contributed by atoms with van der Waals surface area (Å²) in [6, 6.07) is 4.67. The lowest BCUT2D eigenvalue weighted by molar-refractivity contribution is -0.525. The number of nitrogens with zero attached hydrogens (tertiary/aromatic N) is 4. The number of fused-ring (bicyclic) bond motifs is 2. The topological polar surface area (TPSA) is 131 Å². The van der Waals surface area contributed by atoms with E-state index in [1.165, 1.54) is 0 Å². The molecule has 2 aliphatic rings. The molecule has 1 amide bonds. The van der Waals surface area contributed by atoms with Gasteiger partial charge in [-0.3, -0.25) is 4.79 Å². The number of hydrogen-bond acceptors (Lipinski definition) is 5. The van der Waals surface area contributed by atoms with Gasteiger partial charge in [-0.15, -0.1) is 0 Å². The maximum absolute atomic E-state index is 14.2. The SMILES string of the molecule is C[C@H](CCCN=C(N)N[N+](=O)[O-])NC(=O)[C@@H]1C[C@@H]2c3cccc4c3c(cn4C)C[C@H]2N(C(F)(F)F)C1. The molecule has 4 N–H and O–H groups in total. The minimum Gasteiger partial charge on any atom is -0.365 e. The average molecular weight is 510 g/mol. The molecule has 0 saturated carbocycles. The summed E-state index contributed by atoms with van der Waals surface area (Å²) in [5, 5.41) is 13.4. The summed E-state index contributed by atoms with van der Waals surface area (Å²) >= 11 is 0. The normalized spacial score (nSPS) is 23.2. The summed E-state index contributed by atoms with van der Waals surface area (Å²) in [5.41, 5.74) is 9.87. The molecule has 2 aromatic rings. The highest BCUT2D eigenvalue weighted by molar-refractivity contribution is 5.89. The van der Waals surface area contributed by atoms with Crippen LogP contribution in [0, 0.1) is 16.0 Å². The predicted octanol–water partition coefficient (Wildman–Crippen LogP) is 2.41. The number of rotatable bonds is 7. The van der Waals surface area contributed by atoms with Crippen LogP contribution in [0.1, 0.15) is 43.2 Å². The summed E-state index contributed by atoms with van der Waals surface area (Å²) < 4.78 is 44.4. The molecule has 0 unspecified atom stereocenters. The number of aryl methyl sites for hydroxylation is 1. The third-order valence-electron chi connectivity index (χ3n) is 7.14. The first kappa shape index (κ1) is 25.7. The third-order valence-corrected chi connectivity index (χ3v) is 7.14. The average Bonchev–Trinajstić information content (AvgIpc) is 3.11. The molecule has 1 aliphatic carbocycles. The van der Waals surface area contributed by atoms with Gasteiger partial charge in [0.1, 0.15) is 0 Å². The monoisotopic (exact) mass is 509 g/mol. The Bertz CT molecular complexity index is 1180. The molecule has 2 heterocycles. The lowest BCUT2D eigenvalue weighted by atomic mass is 9.72. The first-order valence-corrected chi connectivity index (χ1v) is 11.9. The number of carbonyl (C=O) groups is 1. The molecule has 1 saturated heterocycles. The van der Waals surface area contributed by atoms with Crippen LogP contribution in [-0.2, 0) is 18.3 Å². The van der Waals surface area contributed by atoms with E-state index in [0.29, 0.717) is 24.2 Å². The van der Waals surface area contributed by atoms with Crippen molar-refractivity contribution in [3.63, 3.8) is 0 Å². The molecular formula is C23H30F3N7O3. The Kier molecular flexibility index (Phi) is 7.12. The van der Waals surface area contributed by atoms with E-state index in [9.17, 15) is 28.1 Å². The second-order valence-corrected chi connectivity index (χ2v) is 9.63. The smallest absolute Gasteiger partial charge is 0.365 e. The van der Waals surface area contributed by atoms with Gasteiger partial charge in [-0.1, -0.05) is 17.6 Å². The Balaban J connectivity index is 1.46. The Morgan fingerprint density at radius 1 is 1.39 bits per heavy atom. The second-order valence-electron chi connectivity index (χ2n) is 9.63. The third kappa shape index (κ3) is 5.25. The Morgan fingerprint density at radius 3 is 2.83 bits per heavy atom. The highest BCUT2D eigenvalue weighted by Crippen LogP contribution is 2.47. The molecule has 0 radical (unpaired) electrons. The van der Waals surface area contributed by atoms with Crippen LogP contribution in [-0.4, -0.2) is 57.8 Å². The van der Waals surface area contributed by atoms with Crippen LogP contribution < -0.4 is 16.5 Å². The van der Waals surface area contributed by atoms with Gasteiger partial charge < -0.3 is 15.6 Å². The van der Waals surface area contributed by atoms with Gasteiger partial charge >= 0.3 is 6.30 Å². The fraction of sp³-hybridized carbons (Fsp3) is 0.565. The van der Waals surface area contributed by atoms with Gasteiger partial charge in [0.05, 0.1) is 5.92 Å². The van der Waals surface area contributed by atoms with Gasteiger partial charge in [0.2, 0.25) is 5.91 Å². The minimum absolute atomic E-state index is 0.214. The molecule has 13 heteroatoms. The first-order chi connectivity index (χ1) is 17.0. The molecule has 1 aliphatic heterocycles. The highest BCUT2D eigenvalue weighted by Gasteiger charge is 2.52. The number of hydrogen-bond donors (Lipinski definition) is 3. The van der Waals surface area contributed by atoms with Gasteiger partial charge in [-0.05, 0) is 49.8 Å². The maximum atomic E-state index is 14.2. The van der Waals surface area contributed by atoms with Gasteiger partial charge in [0, 0.05) is 55.2 Å². The highest BCUT2D eigenvalue weighted by atomic mass is 19.4. The van der Waals surface area contributed by atoms with Crippen molar-refractivity contribution in [2.45, 2.75) is 56.9 Å². The summed E-state index contributed by atoms with van der Waals surface area (Å²) in [6.07, 6.45) is -1.03. The Labute approximate surface area is 205 Å². The number of benzene rings is 1. The molecule has 10 nitrogen and oxygen atoms in total. The zero-order chi connectivity index (χ0) is 26.2. The quantitative estimate of drug-likeness (QED) is 0.131. The van der Waals surface area contributed by atoms with Crippen LogP contribution in [0.25, 0.3) is 10.9 Å². The van der Waals surface area contributed by atoms with Crippen LogP contribution in [0.15, 0.2) is 29.4 Å². The van der Waals surface area contributed by atoms with Crippen molar-refractivity contribution >= 4 is 22.8 Å². The van der Waals surface area contributed by atoms with E-state index in [-0.39, 0.29) is 31.5 Å². The van der Waals surface area contributed by atoms with E-state index < -0.39 is 35.1 Å². The molecule has 1 aromatic heterocycles. The number of amides is 1. The number of alkyl halides is 3. The van der Waals surface area contributed by atoms with E-state index in [4.69, 9.17) is 5.73 Å². The number of nitrogens with one attached hydrogen (secondary N) is 2. The number of nitro groups is 1. The van der Waals surface area contributed by atoms with Gasteiger partial charge in [0.15, 0.2) is 5.03 Å². The largest absolute Gasteiger partial charge is 0.460 e. The van der Waals surface area contributed by atoms with Gasteiger partial charge in [-0.2, -0.15) is 13.2 Å².